The van der Waals surface area contributed by atoms with E-state index in [1.165, 1.54) is 0 Å². The number of aliphatic carboxylic acids is 3. The molecule has 0 aliphatic heterocycles. The maximum absolute atomic E-state index is 10.1. The zero-order valence-electron chi connectivity index (χ0n) is 7.04. The number of hydrogen-bond acceptors (Lipinski definition) is 7. The van der Waals surface area contributed by atoms with Gasteiger partial charge in [-0.3, -0.25) is 0 Å². The first-order valence-electron chi connectivity index (χ1n) is 3.11. The molecule has 86 valence electrons. The summed E-state index contributed by atoms with van der Waals surface area (Å²) in [5, 5.41) is 38.9. The van der Waals surface area contributed by atoms with E-state index in [9.17, 15) is 29.7 Å². The van der Waals surface area contributed by atoms with Gasteiger partial charge >= 0.3 is 17.1 Å². The molecule has 0 rings (SSSR count). The fourth-order valence-corrected chi connectivity index (χ4v) is 0.684. The van der Waals surface area contributed by atoms with Crippen LogP contribution in [0.15, 0.2) is 0 Å². The van der Waals surface area contributed by atoms with Crippen LogP contribution in [0, 0.1) is 0 Å². The van der Waals surface area contributed by atoms with Gasteiger partial charge in [0.15, 0.2) is 0 Å². The van der Waals surface area contributed by atoms with Gasteiger partial charge < -0.3 is 34.8 Å². The third-order valence-corrected chi connectivity index (χ3v) is 1.25. The smallest absolute Gasteiger partial charge is 0.550 e. The van der Waals surface area contributed by atoms with Crippen LogP contribution in [-0.2, 0) is 48.5 Å². The number of carbonyl (C=O) groups is 3. The van der Waals surface area contributed by atoms with Crippen molar-refractivity contribution in [3.05, 3.63) is 0 Å². The predicted octanol–water partition coefficient (Wildman–Crippen LogP) is -5.26. The first-order valence-corrected chi connectivity index (χ1v) is 3.11. The van der Waals surface area contributed by atoms with E-state index in [2.05, 4.69) is 0 Å². The van der Waals surface area contributed by atoms with E-state index in [0.717, 1.165) is 0 Å². The molecule has 1 N–H and O–H groups in total. The SMILES string of the molecule is O=C([O-])CC(O)(CC(=O)[O-])C(=O)[O-].[Fe+3].[Mn]. The summed E-state index contributed by atoms with van der Waals surface area (Å²) in [6, 6.07) is 0. The first-order chi connectivity index (χ1) is 5.78. The van der Waals surface area contributed by atoms with E-state index in [1.807, 2.05) is 0 Å². The molecule has 0 heterocycles. The van der Waals surface area contributed by atoms with Crippen molar-refractivity contribution in [2.75, 3.05) is 0 Å². The summed E-state index contributed by atoms with van der Waals surface area (Å²) in [6.45, 7) is 0. The quantitative estimate of drug-likeness (QED) is 0.500. The number of hydrogen-bond donors (Lipinski definition) is 1. The van der Waals surface area contributed by atoms with Gasteiger partial charge in [-0.15, -0.1) is 0 Å². The summed E-state index contributed by atoms with van der Waals surface area (Å²) in [5.74, 6) is -5.98. The maximum Gasteiger partial charge on any atom is 3.00 e. The molecular formula is C6H5FeMnO7. The molecule has 0 aliphatic carbocycles. The van der Waals surface area contributed by atoms with E-state index in [0.29, 0.717) is 0 Å². The summed E-state index contributed by atoms with van der Waals surface area (Å²) in [7, 11) is 0. The molecule has 0 aromatic carbocycles. The fraction of sp³-hybridized carbons (Fsp3) is 0.500. The molecule has 0 bridgehead atoms. The van der Waals surface area contributed by atoms with Crippen molar-refractivity contribution in [3.8, 4) is 0 Å². The molecular weight excluding hydrogens is 295 g/mol. The fourth-order valence-electron chi connectivity index (χ4n) is 0.684. The van der Waals surface area contributed by atoms with Crippen LogP contribution in [0.1, 0.15) is 12.8 Å². The van der Waals surface area contributed by atoms with Crippen molar-refractivity contribution >= 4 is 17.9 Å². The first kappa shape index (κ1) is 19.9. The van der Waals surface area contributed by atoms with Crippen LogP contribution in [-0.4, -0.2) is 28.6 Å². The van der Waals surface area contributed by atoms with Gasteiger partial charge in [0.25, 0.3) is 0 Å². The summed E-state index contributed by atoms with van der Waals surface area (Å²) in [6.07, 6.45) is -2.72. The van der Waals surface area contributed by atoms with Gasteiger partial charge in [-0.1, -0.05) is 0 Å². The average molecular weight is 300 g/mol. The van der Waals surface area contributed by atoms with Gasteiger partial charge in [-0.25, -0.2) is 0 Å². The molecule has 15 heavy (non-hydrogen) atoms. The van der Waals surface area contributed by atoms with Gasteiger partial charge in [-0.05, 0) is 0 Å². The standard InChI is InChI=1S/C6H8O7.Fe.Mn/c7-3(8)1-6(13,5(11)12)2-4(9)10;;/h13H,1-2H2,(H,7,8)(H,9,10)(H,11,12);;/q;+3;/p-3. The molecule has 0 aliphatic rings. The van der Waals surface area contributed by atoms with Crippen molar-refractivity contribution in [1.29, 1.82) is 0 Å². The van der Waals surface area contributed by atoms with Gasteiger partial charge in [0.1, 0.15) is 5.60 Å². The number of carboxylic acids is 3. The van der Waals surface area contributed by atoms with Crippen molar-refractivity contribution in [2.24, 2.45) is 0 Å². The minimum atomic E-state index is -2.97. The largest absolute Gasteiger partial charge is 3.00 e. The molecule has 0 amide bonds. The number of carbonyl (C=O) groups excluding carboxylic acids is 3. The second-order valence-electron chi connectivity index (χ2n) is 2.42. The van der Waals surface area contributed by atoms with Gasteiger partial charge in [-0.2, -0.15) is 0 Å². The van der Waals surface area contributed by atoms with Gasteiger partial charge in [0.2, 0.25) is 0 Å². The van der Waals surface area contributed by atoms with Crippen LogP contribution in [0.3, 0.4) is 0 Å². The zero-order valence-corrected chi connectivity index (χ0v) is 9.33. The molecule has 0 aromatic heterocycles. The van der Waals surface area contributed by atoms with Gasteiger partial charge in [0, 0.05) is 41.8 Å². The summed E-state index contributed by atoms with van der Waals surface area (Å²) < 4.78 is 0. The Kier molecular flexibility index (Phi) is 10.2. The third-order valence-electron chi connectivity index (χ3n) is 1.25. The van der Waals surface area contributed by atoms with Crippen molar-refractivity contribution < 1.29 is 68.9 Å². The van der Waals surface area contributed by atoms with Crippen LogP contribution in [0.4, 0.5) is 0 Å². The summed E-state index contributed by atoms with van der Waals surface area (Å²) in [5.41, 5.74) is -2.97. The molecule has 0 saturated heterocycles. The van der Waals surface area contributed by atoms with Crippen LogP contribution in [0.2, 0.25) is 0 Å². The molecule has 0 fully saturated rings. The molecule has 9 heteroatoms. The normalized spacial score (nSPS) is 9.40. The molecule has 0 unspecified atom stereocenters. The minimum absolute atomic E-state index is 0. The average Bonchev–Trinajstić information content (AvgIpc) is 1.82. The molecule has 7 nitrogen and oxygen atoms in total. The van der Waals surface area contributed by atoms with Crippen LogP contribution >= 0.6 is 0 Å². The maximum atomic E-state index is 10.1. The Bertz CT molecular complexity index is 238. The number of rotatable bonds is 5. The van der Waals surface area contributed by atoms with E-state index >= 15 is 0 Å². The Labute approximate surface area is 105 Å². The Balaban J connectivity index is -0.000000720. The Morgan fingerprint density at radius 3 is 1.40 bits per heavy atom. The summed E-state index contributed by atoms with van der Waals surface area (Å²) in [4.78, 5) is 30.0. The summed E-state index contributed by atoms with van der Waals surface area (Å²) >= 11 is 0. The Morgan fingerprint density at radius 2 is 1.27 bits per heavy atom. The third kappa shape index (κ3) is 7.35. The number of carboxylic acid groups (broad SMARTS) is 3. The number of aliphatic hydroxyl groups is 1. The van der Waals surface area contributed by atoms with E-state index in [4.69, 9.17) is 5.11 Å². The monoisotopic (exact) mass is 300 g/mol. The predicted molar refractivity (Wildman–Crippen MR) is 29.2 cm³/mol. The second kappa shape index (κ2) is 7.67. The Hall–Kier alpha value is -0.591. The second-order valence-corrected chi connectivity index (χ2v) is 2.42. The van der Waals surface area contributed by atoms with E-state index < -0.39 is 36.4 Å². The van der Waals surface area contributed by atoms with E-state index in [-0.39, 0.29) is 34.1 Å². The van der Waals surface area contributed by atoms with Crippen LogP contribution in [0.5, 0.6) is 0 Å². The molecule has 0 saturated carbocycles. The molecule has 0 spiro atoms. The minimum Gasteiger partial charge on any atom is -0.550 e. The molecule has 2 radical (unpaired) electrons. The van der Waals surface area contributed by atoms with Crippen molar-refractivity contribution in [2.45, 2.75) is 18.4 Å². The Morgan fingerprint density at radius 1 is 1.00 bits per heavy atom. The van der Waals surface area contributed by atoms with Crippen LogP contribution in [0.25, 0.3) is 0 Å². The topological polar surface area (TPSA) is 141 Å². The van der Waals surface area contributed by atoms with E-state index in [1.54, 1.807) is 0 Å². The van der Waals surface area contributed by atoms with Gasteiger partial charge in [0.05, 0.1) is 5.97 Å². The van der Waals surface area contributed by atoms with Crippen LogP contribution < -0.4 is 15.3 Å². The molecule has 0 aromatic rings. The zero-order chi connectivity index (χ0) is 10.6. The van der Waals surface area contributed by atoms with Crippen molar-refractivity contribution in [1.82, 2.24) is 0 Å². The molecule has 0 atom stereocenters. The van der Waals surface area contributed by atoms with Crippen molar-refractivity contribution in [3.63, 3.8) is 0 Å².